The van der Waals surface area contributed by atoms with Gasteiger partial charge in [0.25, 0.3) is 11.6 Å². The first kappa shape index (κ1) is 14.7. The van der Waals surface area contributed by atoms with Gasteiger partial charge in [-0.1, -0.05) is 11.6 Å². The number of amides is 1. The van der Waals surface area contributed by atoms with E-state index < -0.39 is 33.7 Å². The van der Waals surface area contributed by atoms with Gasteiger partial charge in [0.15, 0.2) is 22.6 Å². The zero-order chi connectivity index (χ0) is 15.6. The number of anilines is 1. The average Bonchev–Trinajstić information content (AvgIpc) is 2.43. The number of nitro groups is 1. The molecule has 0 aliphatic rings. The second-order valence-corrected chi connectivity index (χ2v) is 4.05. The van der Waals surface area contributed by atoms with Crippen LogP contribution in [0.3, 0.4) is 0 Å². The van der Waals surface area contributed by atoms with Gasteiger partial charge in [-0.05, 0) is 6.07 Å². The number of nitrogens with one attached hydrogen (secondary N) is 1. The molecule has 0 fully saturated rings. The van der Waals surface area contributed by atoms with E-state index in [1.54, 1.807) is 0 Å². The quantitative estimate of drug-likeness (QED) is 0.693. The summed E-state index contributed by atoms with van der Waals surface area (Å²) in [4.78, 5) is 29.0. The standard InChI is InChI=1S/C11H5ClF2N4O3/c12-9-10(16-2-1-15-9)17-11(19)5-3-6(13)7(14)4-8(5)18(20)21/h1-4H,(H,16,17,19). The molecule has 0 bridgehead atoms. The van der Waals surface area contributed by atoms with Gasteiger partial charge >= 0.3 is 0 Å². The number of halogens is 3. The Morgan fingerprint density at radius 1 is 1.24 bits per heavy atom. The monoisotopic (exact) mass is 314 g/mol. The van der Waals surface area contributed by atoms with Gasteiger partial charge in [-0.2, -0.15) is 0 Å². The number of benzene rings is 1. The van der Waals surface area contributed by atoms with E-state index in [0.29, 0.717) is 12.1 Å². The Hall–Kier alpha value is -2.68. The number of aromatic nitrogens is 2. The Bertz CT molecular complexity index is 741. The van der Waals surface area contributed by atoms with Crippen molar-refractivity contribution in [3.05, 3.63) is 57.0 Å². The number of carbonyl (C=O) groups excluding carboxylic acids is 1. The van der Waals surface area contributed by atoms with Crippen molar-refractivity contribution in [1.82, 2.24) is 9.97 Å². The Kier molecular flexibility index (Phi) is 4.03. The highest BCUT2D eigenvalue weighted by Crippen LogP contribution is 2.24. The van der Waals surface area contributed by atoms with Crippen LogP contribution in [0.5, 0.6) is 0 Å². The zero-order valence-corrected chi connectivity index (χ0v) is 10.8. The lowest BCUT2D eigenvalue weighted by Gasteiger charge is -2.06. The highest BCUT2D eigenvalue weighted by molar-refractivity contribution is 6.32. The summed E-state index contributed by atoms with van der Waals surface area (Å²) in [5.74, 6) is -4.06. The maximum atomic E-state index is 13.2. The van der Waals surface area contributed by atoms with Crippen LogP contribution in [-0.2, 0) is 0 Å². The van der Waals surface area contributed by atoms with Gasteiger partial charge < -0.3 is 5.32 Å². The van der Waals surface area contributed by atoms with Crippen molar-refractivity contribution < 1.29 is 18.5 Å². The fraction of sp³-hybridized carbons (Fsp3) is 0. The second kappa shape index (κ2) is 5.75. The molecule has 1 amide bonds. The third-order valence-corrected chi connectivity index (χ3v) is 2.64. The van der Waals surface area contributed by atoms with Crippen molar-refractivity contribution in [2.45, 2.75) is 0 Å². The van der Waals surface area contributed by atoms with E-state index in [4.69, 9.17) is 11.6 Å². The summed E-state index contributed by atoms with van der Waals surface area (Å²) in [7, 11) is 0. The molecule has 0 radical (unpaired) electrons. The fourth-order valence-corrected chi connectivity index (χ4v) is 1.60. The van der Waals surface area contributed by atoms with Crippen LogP contribution in [0.1, 0.15) is 10.4 Å². The SMILES string of the molecule is O=C(Nc1nccnc1Cl)c1cc(F)c(F)cc1[N+](=O)[O-]. The summed E-state index contributed by atoms with van der Waals surface area (Å²) in [6.45, 7) is 0. The Balaban J connectivity index is 2.42. The first-order valence-electron chi connectivity index (χ1n) is 5.31. The molecule has 0 aliphatic carbocycles. The van der Waals surface area contributed by atoms with E-state index in [0.717, 1.165) is 0 Å². The van der Waals surface area contributed by atoms with Crippen LogP contribution >= 0.6 is 11.6 Å². The summed E-state index contributed by atoms with van der Waals surface area (Å²) in [5, 5.41) is 12.8. The summed E-state index contributed by atoms with van der Waals surface area (Å²) < 4.78 is 26.2. The topological polar surface area (TPSA) is 98.0 Å². The normalized spacial score (nSPS) is 10.2. The predicted molar refractivity (Wildman–Crippen MR) is 68.0 cm³/mol. The summed E-state index contributed by atoms with van der Waals surface area (Å²) in [6.07, 6.45) is 2.49. The van der Waals surface area contributed by atoms with E-state index in [1.165, 1.54) is 12.4 Å². The van der Waals surface area contributed by atoms with Crippen molar-refractivity contribution in [2.24, 2.45) is 0 Å². The van der Waals surface area contributed by atoms with Crippen molar-refractivity contribution >= 4 is 29.0 Å². The van der Waals surface area contributed by atoms with Crippen molar-refractivity contribution in [2.75, 3.05) is 5.32 Å². The number of nitrogens with zero attached hydrogens (tertiary/aromatic N) is 3. The van der Waals surface area contributed by atoms with Gasteiger partial charge in [0.05, 0.1) is 11.0 Å². The van der Waals surface area contributed by atoms with Crippen LogP contribution in [0.25, 0.3) is 0 Å². The molecule has 0 atom stereocenters. The van der Waals surface area contributed by atoms with Crippen LogP contribution in [0, 0.1) is 21.7 Å². The lowest BCUT2D eigenvalue weighted by Crippen LogP contribution is -2.16. The van der Waals surface area contributed by atoms with Gasteiger partial charge in [-0.25, -0.2) is 18.7 Å². The van der Waals surface area contributed by atoms with E-state index in [2.05, 4.69) is 15.3 Å². The summed E-state index contributed by atoms with van der Waals surface area (Å²) in [6, 6.07) is 0.746. The molecule has 2 aromatic rings. The molecule has 7 nitrogen and oxygen atoms in total. The largest absolute Gasteiger partial charge is 0.304 e. The number of nitro benzene ring substituents is 1. The molecule has 1 aromatic carbocycles. The minimum absolute atomic E-state index is 0.156. The van der Waals surface area contributed by atoms with Gasteiger partial charge in [-0.3, -0.25) is 14.9 Å². The minimum atomic E-state index is -1.43. The van der Waals surface area contributed by atoms with E-state index in [9.17, 15) is 23.7 Å². The highest BCUT2D eigenvalue weighted by atomic mass is 35.5. The molecular formula is C11H5ClF2N4O3. The number of hydrogen-bond donors (Lipinski definition) is 1. The summed E-state index contributed by atoms with van der Waals surface area (Å²) >= 11 is 5.66. The zero-order valence-electron chi connectivity index (χ0n) is 10.0. The lowest BCUT2D eigenvalue weighted by atomic mass is 10.1. The molecule has 0 saturated heterocycles. The number of rotatable bonds is 3. The molecule has 10 heteroatoms. The molecule has 0 spiro atoms. The molecule has 1 heterocycles. The maximum absolute atomic E-state index is 13.2. The Labute approximate surface area is 120 Å². The third-order valence-electron chi connectivity index (χ3n) is 2.37. The molecule has 0 saturated carbocycles. The third kappa shape index (κ3) is 3.08. The van der Waals surface area contributed by atoms with Crippen LogP contribution in [0.15, 0.2) is 24.5 Å². The van der Waals surface area contributed by atoms with Gasteiger partial charge in [0, 0.05) is 12.4 Å². The smallest absolute Gasteiger partial charge is 0.285 e. The first-order valence-corrected chi connectivity index (χ1v) is 5.69. The molecule has 108 valence electrons. The van der Waals surface area contributed by atoms with Crippen LogP contribution < -0.4 is 5.32 Å². The van der Waals surface area contributed by atoms with E-state index >= 15 is 0 Å². The number of carbonyl (C=O) groups is 1. The van der Waals surface area contributed by atoms with Crippen molar-refractivity contribution in [3.63, 3.8) is 0 Å². The second-order valence-electron chi connectivity index (χ2n) is 3.69. The lowest BCUT2D eigenvalue weighted by molar-refractivity contribution is -0.385. The average molecular weight is 315 g/mol. The van der Waals surface area contributed by atoms with Crippen LogP contribution in [-0.4, -0.2) is 20.8 Å². The maximum Gasteiger partial charge on any atom is 0.285 e. The first-order chi connectivity index (χ1) is 9.90. The van der Waals surface area contributed by atoms with Gasteiger partial charge in [0.1, 0.15) is 5.56 Å². The molecule has 0 aliphatic heterocycles. The van der Waals surface area contributed by atoms with Crippen LogP contribution in [0.4, 0.5) is 20.3 Å². The van der Waals surface area contributed by atoms with Crippen molar-refractivity contribution in [1.29, 1.82) is 0 Å². The van der Waals surface area contributed by atoms with Gasteiger partial charge in [0.2, 0.25) is 0 Å². The predicted octanol–water partition coefficient (Wildman–Crippen LogP) is 2.57. The van der Waals surface area contributed by atoms with Crippen molar-refractivity contribution in [3.8, 4) is 0 Å². The van der Waals surface area contributed by atoms with Gasteiger partial charge in [-0.15, -0.1) is 0 Å². The molecule has 1 aromatic heterocycles. The highest BCUT2D eigenvalue weighted by Gasteiger charge is 2.24. The molecule has 1 N–H and O–H groups in total. The Morgan fingerprint density at radius 3 is 2.48 bits per heavy atom. The minimum Gasteiger partial charge on any atom is -0.304 e. The van der Waals surface area contributed by atoms with Crippen LogP contribution in [0.2, 0.25) is 5.15 Å². The molecule has 2 rings (SSSR count). The number of hydrogen-bond acceptors (Lipinski definition) is 5. The van der Waals surface area contributed by atoms with E-state index in [1.807, 2.05) is 0 Å². The van der Waals surface area contributed by atoms with E-state index in [-0.39, 0.29) is 11.0 Å². The molecular weight excluding hydrogens is 310 g/mol. The molecule has 21 heavy (non-hydrogen) atoms. The summed E-state index contributed by atoms with van der Waals surface area (Å²) in [5.41, 5.74) is -1.55. The Morgan fingerprint density at radius 2 is 1.86 bits per heavy atom. The fourth-order valence-electron chi connectivity index (χ4n) is 1.45. The molecule has 0 unspecified atom stereocenters.